The van der Waals surface area contributed by atoms with E-state index in [-0.39, 0.29) is 11.8 Å². The quantitative estimate of drug-likeness (QED) is 0.524. The molecule has 0 N–H and O–H groups in total. The fourth-order valence-corrected chi connectivity index (χ4v) is 2.31. The van der Waals surface area contributed by atoms with E-state index in [4.69, 9.17) is 4.74 Å². The molecule has 0 aliphatic rings. The van der Waals surface area contributed by atoms with E-state index < -0.39 is 4.92 Å². The summed E-state index contributed by atoms with van der Waals surface area (Å²) in [6, 6.07) is 16.4. The Morgan fingerprint density at radius 2 is 1.64 bits per heavy atom. The summed E-state index contributed by atoms with van der Waals surface area (Å²) < 4.78 is 6.00. The molecule has 0 saturated carbocycles. The van der Waals surface area contributed by atoms with Crippen molar-refractivity contribution < 1.29 is 9.66 Å². The van der Waals surface area contributed by atoms with Gasteiger partial charge in [-0.1, -0.05) is 56.3 Å². The van der Waals surface area contributed by atoms with Crippen molar-refractivity contribution >= 4 is 5.69 Å². The molecule has 0 aliphatic carbocycles. The maximum absolute atomic E-state index is 11.1. The lowest BCUT2D eigenvalue weighted by molar-refractivity contribution is -0.386. The van der Waals surface area contributed by atoms with Crippen molar-refractivity contribution in [1.82, 2.24) is 0 Å². The van der Waals surface area contributed by atoms with Gasteiger partial charge in [0.15, 0.2) is 5.75 Å². The van der Waals surface area contributed by atoms with E-state index in [1.807, 2.05) is 30.3 Å². The Morgan fingerprint density at radius 1 is 1.00 bits per heavy atom. The van der Waals surface area contributed by atoms with Gasteiger partial charge >= 0.3 is 5.69 Å². The normalized spacial score (nSPS) is 12.1. The Kier molecular flexibility index (Phi) is 5.53. The highest BCUT2D eigenvalue weighted by molar-refractivity contribution is 5.46. The minimum atomic E-state index is -0.403. The van der Waals surface area contributed by atoms with Crippen LogP contribution in [0.25, 0.3) is 0 Å². The number of nitrogens with zero attached hydrogens (tertiary/aromatic N) is 1. The first kappa shape index (κ1) is 16.0. The van der Waals surface area contributed by atoms with Crippen molar-refractivity contribution in [2.24, 2.45) is 5.92 Å². The number of benzene rings is 2. The molecule has 0 saturated heterocycles. The molecule has 116 valence electrons. The van der Waals surface area contributed by atoms with Crippen LogP contribution in [0.1, 0.15) is 38.4 Å². The van der Waals surface area contributed by atoms with Crippen LogP contribution in [0.5, 0.6) is 5.75 Å². The standard InChI is InChI=1S/C18H21NO3/c1-14(2)12-13-17(15-8-4-3-5-9-15)22-18-11-7-6-10-16(18)19(20)21/h3-11,14,17H,12-13H2,1-2H3. The summed E-state index contributed by atoms with van der Waals surface area (Å²) in [6.07, 6.45) is 1.65. The van der Waals surface area contributed by atoms with E-state index in [0.717, 1.165) is 18.4 Å². The van der Waals surface area contributed by atoms with Crippen LogP contribution in [0.2, 0.25) is 0 Å². The van der Waals surface area contributed by atoms with Gasteiger partial charge in [-0.3, -0.25) is 10.1 Å². The van der Waals surface area contributed by atoms with Crippen molar-refractivity contribution in [2.45, 2.75) is 32.8 Å². The molecule has 1 atom stereocenters. The van der Waals surface area contributed by atoms with Gasteiger partial charge in [-0.25, -0.2) is 0 Å². The molecular weight excluding hydrogens is 278 g/mol. The third-order valence-electron chi connectivity index (χ3n) is 3.51. The lowest BCUT2D eigenvalue weighted by Crippen LogP contribution is -2.10. The Morgan fingerprint density at radius 3 is 2.27 bits per heavy atom. The van der Waals surface area contributed by atoms with E-state index >= 15 is 0 Å². The number of para-hydroxylation sites is 2. The van der Waals surface area contributed by atoms with Crippen LogP contribution < -0.4 is 4.74 Å². The zero-order chi connectivity index (χ0) is 15.9. The minimum absolute atomic E-state index is 0.00739. The van der Waals surface area contributed by atoms with Crippen LogP contribution in [0.15, 0.2) is 54.6 Å². The molecular formula is C18H21NO3. The molecule has 1 unspecified atom stereocenters. The Hall–Kier alpha value is -2.36. The van der Waals surface area contributed by atoms with Crippen LogP contribution in [0.4, 0.5) is 5.69 Å². The zero-order valence-electron chi connectivity index (χ0n) is 12.9. The summed E-state index contributed by atoms with van der Waals surface area (Å²) in [7, 11) is 0. The monoisotopic (exact) mass is 299 g/mol. The van der Waals surface area contributed by atoms with Gasteiger partial charge in [-0.15, -0.1) is 0 Å². The molecule has 4 heteroatoms. The average Bonchev–Trinajstić information content (AvgIpc) is 2.52. The van der Waals surface area contributed by atoms with E-state index in [1.54, 1.807) is 18.2 Å². The summed E-state index contributed by atoms with van der Waals surface area (Å²) >= 11 is 0. The second-order valence-electron chi connectivity index (χ2n) is 5.71. The van der Waals surface area contributed by atoms with Gasteiger partial charge < -0.3 is 4.74 Å². The topological polar surface area (TPSA) is 52.4 Å². The van der Waals surface area contributed by atoms with E-state index in [9.17, 15) is 10.1 Å². The Labute approximate surface area is 130 Å². The number of rotatable bonds is 7. The summed E-state index contributed by atoms with van der Waals surface area (Å²) in [5.41, 5.74) is 1.05. The van der Waals surface area contributed by atoms with Crippen LogP contribution in [0.3, 0.4) is 0 Å². The lowest BCUT2D eigenvalue weighted by atomic mass is 9.99. The summed E-state index contributed by atoms with van der Waals surface area (Å²) in [4.78, 5) is 10.7. The predicted octanol–water partition coefficient (Wildman–Crippen LogP) is 5.15. The largest absolute Gasteiger partial charge is 0.479 e. The maximum Gasteiger partial charge on any atom is 0.310 e. The van der Waals surface area contributed by atoms with Gasteiger partial charge in [0.1, 0.15) is 6.10 Å². The molecule has 22 heavy (non-hydrogen) atoms. The zero-order valence-corrected chi connectivity index (χ0v) is 12.9. The molecule has 0 aromatic heterocycles. The molecule has 2 rings (SSSR count). The molecule has 0 aliphatic heterocycles. The van der Waals surface area contributed by atoms with Crippen molar-refractivity contribution in [3.05, 3.63) is 70.3 Å². The van der Waals surface area contributed by atoms with Gasteiger partial charge in [-0.2, -0.15) is 0 Å². The van der Waals surface area contributed by atoms with E-state index in [0.29, 0.717) is 11.7 Å². The molecule has 0 heterocycles. The number of nitro benzene ring substituents is 1. The molecule has 2 aromatic carbocycles. The third-order valence-corrected chi connectivity index (χ3v) is 3.51. The molecule has 0 bridgehead atoms. The van der Waals surface area contributed by atoms with Crippen molar-refractivity contribution in [1.29, 1.82) is 0 Å². The smallest absolute Gasteiger partial charge is 0.310 e. The Bertz CT molecular complexity index is 611. The lowest BCUT2D eigenvalue weighted by Gasteiger charge is -2.20. The highest BCUT2D eigenvalue weighted by atomic mass is 16.6. The first-order valence-corrected chi connectivity index (χ1v) is 7.53. The van der Waals surface area contributed by atoms with Crippen LogP contribution >= 0.6 is 0 Å². The molecule has 0 fully saturated rings. The van der Waals surface area contributed by atoms with Crippen molar-refractivity contribution in [3.8, 4) is 5.75 Å². The average molecular weight is 299 g/mol. The maximum atomic E-state index is 11.1. The first-order chi connectivity index (χ1) is 10.6. The van der Waals surface area contributed by atoms with Gasteiger partial charge in [-0.05, 0) is 30.4 Å². The SMILES string of the molecule is CC(C)CCC(Oc1ccccc1[N+](=O)[O-])c1ccccc1. The molecule has 4 nitrogen and oxygen atoms in total. The summed E-state index contributed by atoms with van der Waals surface area (Å²) in [6.45, 7) is 4.32. The van der Waals surface area contributed by atoms with Crippen molar-refractivity contribution in [2.75, 3.05) is 0 Å². The number of ether oxygens (including phenoxy) is 1. The van der Waals surface area contributed by atoms with Gasteiger partial charge in [0.05, 0.1) is 4.92 Å². The van der Waals surface area contributed by atoms with Gasteiger partial charge in [0.2, 0.25) is 0 Å². The minimum Gasteiger partial charge on any atom is -0.479 e. The number of hydrogen-bond acceptors (Lipinski definition) is 3. The van der Waals surface area contributed by atoms with Gasteiger partial charge in [0.25, 0.3) is 0 Å². The number of nitro groups is 1. The van der Waals surface area contributed by atoms with E-state index in [2.05, 4.69) is 13.8 Å². The fraction of sp³-hybridized carbons (Fsp3) is 0.333. The second-order valence-corrected chi connectivity index (χ2v) is 5.71. The van der Waals surface area contributed by atoms with Crippen LogP contribution in [-0.4, -0.2) is 4.92 Å². The molecule has 0 spiro atoms. The van der Waals surface area contributed by atoms with E-state index in [1.165, 1.54) is 6.07 Å². The Balaban J connectivity index is 2.25. The third kappa shape index (κ3) is 4.32. The predicted molar refractivity (Wildman–Crippen MR) is 87.0 cm³/mol. The summed E-state index contributed by atoms with van der Waals surface area (Å²) in [5.74, 6) is 0.880. The molecule has 2 aromatic rings. The van der Waals surface area contributed by atoms with Gasteiger partial charge in [0, 0.05) is 6.07 Å². The van der Waals surface area contributed by atoms with Crippen LogP contribution in [-0.2, 0) is 0 Å². The summed E-state index contributed by atoms with van der Waals surface area (Å²) in [5, 5.41) is 11.1. The number of hydrogen-bond donors (Lipinski definition) is 0. The second kappa shape index (κ2) is 7.59. The van der Waals surface area contributed by atoms with Crippen molar-refractivity contribution in [3.63, 3.8) is 0 Å². The highest BCUT2D eigenvalue weighted by Crippen LogP contribution is 2.33. The molecule has 0 amide bonds. The fourth-order valence-electron chi connectivity index (χ4n) is 2.31. The highest BCUT2D eigenvalue weighted by Gasteiger charge is 2.20. The molecule has 0 radical (unpaired) electrons. The van der Waals surface area contributed by atoms with Crippen LogP contribution in [0, 0.1) is 16.0 Å². The first-order valence-electron chi connectivity index (χ1n) is 7.53.